The maximum Gasteiger partial charge on any atom is 0.223 e. The normalized spacial score (nSPS) is 30.7. The lowest BCUT2D eigenvalue weighted by molar-refractivity contribution is -0.132. The number of carbonyl (C=O) groups excluding carboxylic acids is 1. The van der Waals surface area contributed by atoms with Crippen LogP contribution in [0, 0.1) is 5.92 Å². The Morgan fingerprint density at radius 2 is 2.05 bits per heavy atom. The average Bonchev–Trinajstić information content (AvgIpc) is 2.74. The standard InChI is InChI=1S/C13H24N2O6S/c1-22(19,20)14-8-13(18)9-15(7-11(13)16)12(17)6-10-2-4-21-5-3-10/h10-11,14,16,18H,2-9H2,1H3/t11-,13+/m1/s1. The van der Waals surface area contributed by atoms with Crippen molar-refractivity contribution >= 4 is 15.9 Å². The van der Waals surface area contributed by atoms with Crippen LogP contribution in [-0.2, 0) is 19.6 Å². The third-order valence-corrected chi connectivity index (χ3v) is 4.94. The summed E-state index contributed by atoms with van der Waals surface area (Å²) in [5.74, 6) is 0.141. The molecule has 2 heterocycles. The fraction of sp³-hybridized carbons (Fsp3) is 0.923. The molecule has 2 aliphatic rings. The molecular weight excluding hydrogens is 312 g/mol. The number of likely N-dealkylation sites (tertiary alicyclic amines) is 1. The highest BCUT2D eigenvalue weighted by molar-refractivity contribution is 7.88. The van der Waals surface area contributed by atoms with E-state index < -0.39 is 21.7 Å². The van der Waals surface area contributed by atoms with E-state index in [4.69, 9.17) is 4.74 Å². The summed E-state index contributed by atoms with van der Waals surface area (Å²) < 4.78 is 29.7. The number of sulfonamides is 1. The van der Waals surface area contributed by atoms with Gasteiger partial charge in [0.2, 0.25) is 15.9 Å². The molecule has 2 atom stereocenters. The maximum absolute atomic E-state index is 12.3. The zero-order chi connectivity index (χ0) is 16.4. The Hall–Kier alpha value is -0.740. The molecule has 22 heavy (non-hydrogen) atoms. The van der Waals surface area contributed by atoms with Gasteiger partial charge >= 0.3 is 0 Å². The van der Waals surface area contributed by atoms with E-state index in [-0.39, 0.29) is 31.5 Å². The Labute approximate surface area is 130 Å². The fourth-order valence-electron chi connectivity index (χ4n) is 2.83. The number of aliphatic hydroxyl groups is 2. The molecule has 8 nitrogen and oxygen atoms in total. The quantitative estimate of drug-likeness (QED) is 0.550. The maximum atomic E-state index is 12.3. The number of amides is 1. The van der Waals surface area contributed by atoms with E-state index in [0.29, 0.717) is 19.6 Å². The molecule has 0 unspecified atom stereocenters. The minimum Gasteiger partial charge on any atom is -0.388 e. The average molecular weight is 336 g/mol. The summed E-state index contributed by atoms with van der Waals surface area (Å²) in [6.07, 6.45) is 1.85. The molecule has 0 radical (unpaired) electrons. The minimum absolute atomic E-state index is 0.0179. The van der Waals surface area contributed by atoms with Crippen molar-refractivity contribution in [2.45, 2.75) is 31.0 Å². The molecule has 9 heteroatoms. The van der Waals surface area contributed by atoms with Crippen LogP contribution in [-0.4, -0.2) is 80.2 Å². The number of rotatable bonds is 5. The van der Waals surface area contributed by atoms with Gasteiger partial charge in [-0.15, -0.1) is 0 Å². The molecule has 0 spiro atoms. The van der Waals surface area contributed by atoms with Crippen molar-refractivity contribution < 1.29 is 28.2 Å². The van der Waals surface area contributed by atoms with Gasteiger partial charge in [-0.2, -0.15) is 0 Å². The van der Waals surface area contributed by atoms with E-state index >= 15 is 0 Å². The molecule has 2 saturated heterocycles. The SMILES string of the molecule is CS(=O)(=O)NC[C@]1(O)CN(C(=O)CC2CCOCC2)C[C@H]1O. The number of hydrogen-bond acceptors (Lipinski definition) is 6. The second-order valence-electron chi connectivity index (χ2n) is 6.25. The van der Waals surface area contributed by atoms with Crippen LogP contribution >= 0.6 is 0 Å². The molecule has 0 saturated carbocycles. The predicted octanol–water partition coefficient (Wildman–Crippen LogP) is -1.71. The second-order valence-corrected chi connectivity index (χ2v) is 8.08. The van der Waals surface area contributed by atoms with Gasteiger partial charge in [0, 0.05) is 32.7 Å². The first-order valence-electron chi connectivity index (χ1n) is 7.40. The lowest BCUT2D eigenvalue weighted by Gasteiger charge is -2.26. The summed E-state index contributed by atoms with van der Waals surface area (Å²) in [4.78, 5) is 13.7. The molecule has 0 aromatic carbocycles. The Morgan fingerprint density at radius 1 is 1.41 bits per heavy atom. The summed E-state index contributed by atoms with van der Waals surface area (Å²) in [6.45, 7) is 0.947. The monoisotopic (exact) mass is 336 g/mol. The molecule has 2 fully saturated rings. The van der Waals surface area contributed by atoms with Crippen molar-refractivity contribution in [3.8, 4) is 0 Å². The van der Waals surface area contributed by atoms with Crippen LogP contribution in [0.2, 0.25) is 0 Å². The number of β-amino-alcohol motifs (C(OH)–C–C–N with tert-alkyl or cyclic N) is 2. The van der Waals surface area contributed by atoms with Gasteiger partial charge in [0.1, 0.15) is 11.7 Å². The van der Waals surface area contributed by atoms with Gasteiger partial charge in [0.05, 0.1) is 12.8 Å². The van der Waals surface area contributed by atoms with Gasteiger partial charge in [0.15, 0.2) is 0 Å². The first-order chi connectivity index (χ1) is 10.2. The number of nitrogens with zero attached hydrogens (tertiary/aromatic N) is 1. The first kappa shape index (κ1) is 17.6. The zero-order valence-electron chi connectivity index (χ0n) is 12.7. The van der Waals surface area contributed by atoms with Crippen LogP contribution in [0.4, 0.5) is 0 Å². The van der Waals surface area contributed by atoms with E-state index in [9.17, 15) is 23.4 Å². The van der Waals surface area contributed by atoms with Gasteiger partial charge < -0.3 is 19.8 Å². The Morgan fingerprint density at radius 3 is 2.64 bits per heavy atom. The van der Waals surface area contributed by atoms with Crippen LogP contribution in [0.5, 0.6) is 0 Å². The fourth-order valence-corrected chi connectivity index (χ4v) is 3.34. The lowest BCUT2D eigenvalue weighted by Crippen LogP contribution is -2.51. The Kier molecular flexibility index (Phi) is 5.44. The number of ether oxygens (including phenoxy) is 1. The van der Waals surface area contributed by atoms with Crippen LogP contribution in [0.3, 0.4) is 0 Å². The van der Waals surface area contributed by atoms with Crippen molar-refractivity contribution in [2.24, 2.45) is 5.92 Å². The van der Waals surface area contributed by atoms with Crippen LogP contribution in [0.25, 0.3) is 0 Å². The molecule has 0 aromatic rings. The molecule has 1 amide bonds. The third kappa shape index (κ3) is 4.63. The van der Waals surface area contributed by atoms with Gasteiger partial charge in [0.25, 0.3) is 0 Å². The number of aliphatic hydroxyl groups excluding tert-OH is 1. The lowest BCUT2D eigenvalue weighted by atomic mass is 9.96. The molecule has 0 aromatic heterocycles. The molecule has 0 aliphatic carbocycles. The first-order valence-corrected chi connectivity index (χ1v) is 9.29. The largest absolute Gasteiger partial charge is 0.388 e. The summed E-state index contributed by atoms with van der Waals surface area (Å²) >= 11 is 0. The second kappa shape index (κ2) is 6.79. The number of carbonyl (C=O) groups is 1. The van der Waals surface area contributed by atoms with Crippen LogP contribution in [0.1, 0.15) is 19.3 Å². The molecular formula is C13H24N2O6S. The van der Waals surface area contributed by atoms with Crippen LogP contribution < -0.4 is 4.72 Å². The van der Waals surface area contributed by atoms with Gasteiger partial charge in [-0.3, -0.25) is 4.79 Å². The molecule has 3 N–H and O–H groups in total. The molecule has 128 valence electrons. The van der Waals surface area contributed by atoms with Gasteiger partial charge in [-0.25, -0.2) is 13.1 Å². The van der Waals surface area contributed by atoms with Gasteiger partial charge in [-0.05, 0) is 18.8 Å². The molecule has 2 rings (SSSR count). The van der Waals surface area contributed by atoms with E-state index in [1.54, 1.807) is 0 Å². The Bertz CT molecular complexity index is 505. The Balaban J connectivity index is 1.89. The number of hydrogen-bond donors (Lipinski definition) is 3. The summed E-state index contributed by atoms with van der Waals surface area (Å²) in [6, 6.07) is 0. The zero-order valence-corrected chi connectivity index (χ0v) is 13.5. The smallest absolute Gasteiger partial charge is 0.223 e. The summed E-state index contributed by atoms with van der Waals surface area (Å²) in [7, 11) is -3.47. The molecule has 2 aliphatic heterocycles. The molecule has 0 bridgehead atoms. The predicted molar refractivity (Wildman–Crippen MR) is 78.5 cm³/mol. The topological polar surface area (TPSA) is 116 Å². The van der Waals surface area contributed by atoms with E-state index in [0.717, 1.165) is 19.1 Å². The van der Waals surface area contributed by atoms with Crippen molar-refractivity contribution in [3.63, 3.8) is 0 Å². The summed E-state index contributed by atoms with van der Waals surface area (Å²) in [5, 5.41) is 20.3. The van der Waals surface area contributed by atoms with E-state index in [1.807, 2.05) is 0 Å². The highest BCUT2D eigenvalue weighted by Gasteiger charge is 2.46. The van der Waals surface area contributed by atoms with Crippen LogP contribution in [0.15, 0.2) is 0 Å². The van der Waals surface area contributed by atoms with Crippen molar-refractivity contribution in [1.29, 1.82) is 0 Å². The summed E-state index contributed by atoms with van der Waals surface area (Å²) in [5.41, 5.74) is -1.64. The highest BCUT2D eigenvalue weighted by atomic mass is 32.2. The third-order valence-electron chi connectivity index (χ3n) is 4.28. The van der Waals surface area contributed by atoms with Crippen molar-refractivity contribution in [2.75, 3.05) is 39.1 Å². The van der Waals surface area contributed by atoms with Gasteiger partial charge in [-0.1, -0.05) is 0 Å². The number of nitrogens with one attached hydrogen (secondary N) is 1. The minimum atomic E-state index is -3.47. The van der Waals surface area contributed by atoms with E-state index in [1.165, 1.54) is 4.90 Å². The van der Waals surface area contributed by atoms with E-state index in [2.05, 4.69) is 4.72 Å². The van der Waals surface area contributed by atoms with Crippen molar-refractivity contribution in [1.82, 2.24) is 9.62 Å². The highest BCUT2D eigenvalue weighted by Crippen LogP contribution is 2.25. The van der Waals surface area contributed by atoms with Crippen molar-refractivity contribution in [3.05, 3.63) is 0 Å².